The molecule has 0 fully saturated rings. The largest absolute Gasteiger partial charge is 0.354 e. The van der Waals surface area contributed by atoms with Crippen LogP contribution in [0.3, 0.4) is 0 Å². The molecule has 0 atom stereocenters. The second-order valence-corrected chi connectivity index (χ2v) is 4.91. The summed E-state index contributed by atoms with van der Waals surface area (Å²) >= 11 is 0. The second kappa shape index (κ2) is 4.46. The molecule has 4 aromatic rings. The molecule has 3 heteroatoms. The molecule has 1 N–H and O–H groups in total. The van der Waals surface area contributed by atoms with Crippen LogP contribution in [-0.4, -0.2) is 9.97 Å². The maximum atomic E-state index is 9.27. The molecule has 2 heterocycles. The van der Waals surface area contributed by atoms with Gasteiger partial charge < -0.3 is 4.98 Å². The summed E-state index contributed by atoms with van der Waals surface area (Å²) in [6, 6.07) is 20.3. The Kier molecular flexibility index (Phi) is 2.48. The average molecular weight is 269 g/mol. The number of hydrogen-bond donors (Lipinski definition) is 1. The van der Waals surface area contributed by atoms with Crippen LogP contribution in [0.1, 0.15) is 5.69 Å². The van der Waals surface area contributed by atoms with Crippen molar-refractivity contribution in [3.63, 3.8) is 0 Å². The lowest BCUT2D eigenvalue weighted by atomic mass is 10.0. The van der Waals surface area contributed by atoms with E-state index in [1.165, 1.54) is 5.39 Å². The summed E-state index contributed by atoms with van der Waals surface area (Å²) in [6.07, 6.45) is 1.65. The van der Waals surface area contributed by atoms with Gasteiger partial charge in [0.25, 0.3) is 0 Å². The number of para-hydroxylation sites is 2. The predicted octanol–water partition coefficient (Wildman–Crippen LogP) is 4.25. The van der Waals surface area contributed by atoms with E-state index in [9.17, 15) is 5.26 Å². The van der Waals surface area contributed by atoms with Crippen LogP contribution in [0.25, 0.3) is 32.9 Å². The highest BCUT2D eigenvalue weighted by molar-refractivity contribution is 6.11. The lowest BCUT2D eigenvalue weighted by Crippen LogP contribution is -1.88. The van der Waals surface area contributed by atoms with Gasteiger partial charge in [0, 0.05) is 33.6 Å². The Bertz CT molecular complexity index is 1010. The molecule has 4 rings (SSSR count). The average Bonchev–Trinajstić information content (AvgIpc) is 2.93. The van der Waals surface area contributed by atoms with Gasteiger partial charge in [0.2, 0.25) is 0 Å². The highest BCUT2D eigenvalue weighted by Gasteiger charge is 2.12. The molecule has 98 valence electrons. The van der Waals surface area contributed by atoms with Crippen LogP contribution in [0.15, 0.2) is 60.8 Å². The zero-order valence-electron chi connectivity index (χ0n) is 11.2. The summed E-state index contributed by atoms with van der Waals surface area (Å²) < 4.78 is 0. The van der Waals surface area contributed by atoms with E-state index in [4.69, 9.17) is 0 Å². The Balaban J connectivity index is 2.13. The summed E-state index contributed by atoms with van der Waals surface area (Å²) in [5.74, 6) is 0. The van der Waals surface area contributed by atoms with E-state index in [2.05, 4.69) is 34.2 Å². The van der Waals surface area contributed by atoms with Crippen LogP contribution in [-0.2, 0) is 0 Å². The van der Waals surface area contributed by atoms with Crippen molar-refractivity contribution in [3.8, 4) is 17.2 Å². The predicted molar refractivity (Wildman–Crippen MR) is 83.8 cm³/mol. The monoisotopic (exact) mass is 269 g/mol. The van der Waals surface area contributed by atoms with E-state index in [1.54, 1.807) is 6.20 Å². The quantitative estimate of drug-likeness (QED) is 0.561. The fraction of sp³-hybridized carbons (Fsp3) is 0. The van der Waals surface area contributed by atoms with Gasteiger partial charge in [-0.1, -0.05) is 36.4 Å². The van der Waals surface area contributed by atoms with Gasteiger partial charge in [-0.15, -0.1) is 0 Å². The minimum atomic E-state index is 0.448. The Labute approximate surface area is 121 Å². The molecule has 0 aliphatic heterocycles. The topological polar surface area (TPSA) is 52.5 Å². The number of H-pyrrole nitrogens is 1. The summed E-state index contributed by atoms with van der Waals surface area (Å²) in [6.45, 7) is 0. The van der Waals surface area contributed by atoms with Crippen molar-refractivity contribution in [2.24, 2.45) is 0 Å². The lowest BCUT2D eigenvalue weighted by molar-refractivity contribution is 1.27. The van der Waals surface area contributed by atoms with Crippen molar-refractivity contribution in [3.05, 3.63) is 66.5 Å². The normalized spacial score (nSPS) is 10.8. The third-order valence-electron chi connectivity index (χ3n) is 3.75. The molecule has 0 bridgehead atoms. The minimum absolute atomic E-state index is 0.448. The number of fused-ring (bicyclic) bond motifs is 3. The van der Waals surface area contributed by atoms with Crippen LogP contribution >= 0.6 is 0 Å². The molecule has 0 radical (unpaired) electrons. The zero-order valence-corrected chi connectivity index (χ0v) is 11.2. The lowest BCUT2D eigenvalue weighted by Gasteiger charge is -2.04. The molecule has 0 aliphatic carbocycles. The van der Waals surface area contributed by atoms with Gasteiger partial charge in [-0.05, 0) is 18.2 Å². The number of pyridine rings is 1. The molecule has 2 aromatic heterocycles. The number of hydrogen-bond acceptors (Lipinski definition) is 2. The SMILES string of the molecule is N#Cc1ncccc1-c1cccc2c1[nH]c1ccccc12. The third kappa shape index (κ3) is 1.70. The van der Waals surface area contributed by atoms with Crippen LogP contribution in [0, 0.1) is 11.3 Å². The highest BCUT2D eigenvalue weighted by Crippen LogP contribution is 2.33. The maximum Gasteiger partial charge on any atom is 0.148 e. The van der Waals surface area contributed by atoms with Crippen LogP contribution in [0.5, 0.6) is 0 Å². The Morgan fingerprint density at radius 3 is 2.57 bits per heavy atom. The van der Waals surface area contributed by atoms with Gasteiger partial charge in [-0.3, -0.25) is 0 Å². The van der Waals surface area contributed by atoms with Crippen molar-refractivity contribution < 1.29 is 0 Å². The first-order valence-electron chi connectivity index (χ1n) is 6.73. The van der Waals surface area contributed by atoms with Gasteiger partial charge in [-0.25, -0.2) is 4.98 Å². The molecular formula is C18H11N3. The fourth-order valence-corrected chi connectivity index (χ4v) is 2.81. The molecule has 0 amide bonds. The summed E-state index contributed by atoms with van der Waals surface area (Å²) in [7, 11) is 0. The smallest absolute Gasteiger partial charge is 0.148 e. The van der Waals surface area contributed by atoms with Crippen LogP contribution < -0.4 is 0 Å². The molecule has 3 nitrogen and oxygen atoms in total. The molecule has 0 saturated carbocycles. The maximum absolute atomic E-state index is 9.27. The minimum Gasteiger partial charge on any atom is -0.354 e. The number of rotatable bonds is 1. The fourth-order valence-electron chi connectivity index (χ4n) is 2.81. The van der Waals surface area contributed by atoms with Gasteiger partial charge in [0.15, 0.2) is 0 Å². The molecule has 0 spiro atoms. The van der Waals surface area contributed by atoms with Crippen molar-refractivity contribution >= 4 is 21.8 Å². The highest BCUT2D eigenvalue weighted by atomic mass is 14.7. The number of aromatic amines is 1. The van der Waals surface area contributed by atoms with Crippen LogP contribution in [0.4, 0.5) is 0 Å². The summed E-state index contributed by atoms with van der Waals surface area (Å²) in [4.78, 5) is 7.62. The molecule has 2 aromatic carbocycles. The molecule has 21 heavy (non-hydrogen) atoms. The van der Waals surface area contributed by atoms with E-state index < -0.39 is 0 Å². The number of benzene rings is 2. The second-order valence-electron chi connectivity index (χ2n) is 4.91. The van der Waals surface area contributed by atoms with E-state index in [-0.39, 0.29) is 0 Å². The van der Waals surface area contributed by atoms with Gasteiger partial charge in [0.1, 0.15) is 11.8 Å². The molecule has 0 aliphatic rings. The summed E-state index contributed by atoms with van der Waals surface area (Å²) in [5, 5.41) is 11.6. The van der Waals surface area contributed by atoms with E-state index in [0.29, 0.717) is 5.69 Å². The first-order valence-corrected chi connectivity index (χ1v) is 6.73. The van der Waals surface area contributed by atoms with Gasteiger partial charge in [0.05, 0.1) is 5.52 Å². The number of nitrogens with one attached hydrogen (secondary N) is 1. The third-order valence-corrected chi connectivity index (χ3v) is 3.75. The molecule has 0 unspecified atom stereocenters. The zero-order chi connectivity index (χ0) is 14.2. The van der Waals surface area contributed by atoms with Gasteiger partial charge >= 0.3 is 0 Å². The molecular weight excluding hydrogens is 258 g/mol. The van der Waals surface area contributed by atoms with Crippen molar-refractivity contribution in [2.45, 2.75) is 0 Å². The standard InChI is InChI=1S/C18H11N3/c19-11-17-13(8-4-10-20-17)15-7-3-6-14-12-5-1-2-9-16(12)21-18(14)15/h1-10,21H. The number of nitrogens with zero attached hydrogens (tertiary/aromatic N) is 2. The van der Waals surface area contributed by atoms with Gasteiger partial charge in [-0.2, -0.15) is 5.26 Å². The number of nitriles is 1. The Hall–Kier alpha value is -3.12. The molecule has 0 saturated heterocycles. The first-order chi connectivity index (χ1) is 10.4. The van der Waals surface area contributed by atoms with Crippen molar-refractivity contribution in [1.29, 1.82) is 5.26 Å². The van der Waals surface area contributed by atoms with E-state index >= 15 is 0 Å². The van der Waals surface area contributed by atoms with Crippen molar-refractivity contribution in [2.75, 3.05) is 0 Å². The van der Waals surface area contributed by atoms with Crippen LogP contribution in [0.2, 0.25) is 0 Å². The first kappa shape index (κ1) is 11.7. The van der Waals surface area contributed by atoms with Crippen molar-refractivity contribution in [1.82, 2.24) is 9.97 Å². The van der Waals surface area contributed by atoms with E-state index in [0.717, 1.165) is 27.5 Å². The Morgan fingerprint density at radius 2 is 1.67 bits per heavy atom. The summed E-state index contributed by atoms with van der Waals surface area (Å²) in [5.41, 5.74) is 4.46. The van der Waals surface area contributed by atoms with E-state index in [1.807, 2.05) is 36.4 Å². The Morgan fingerprint density at radius 1 is 0.857 bits per heavy atom. The number of aromatic nitrogens is 2.